The van der Waals surface area contributed by atoms with Gasteiger partial charge in [0.25, 0.3) is 0 Å². The van der Waals surface area contributed by atoms with Gasteiger partial charge in [0.1, 0.15) is 11.9 Å². The van der Waals surface area contributed by atoms with Crippen LogP contribution >= 0.6 is 24.0 Å². The Morgan fingerprint density at radius 2 is 1.93 bits per heavy atom. The topological polar surface area (TPSA) is 58.1 Å². The second kappa shape index (κ2) is 10.8. The summed E-state index contributed by atoms with van der Waals surface area (Å²) in [6.45, 7) is 8.68. The number of nitrogens with zero attached hydrogens (tertiary/aromatic N) is 2. The largest absolute Gasteiger partial charge is 0.488 e. The van der Waals surface area contributed by atoms with Crippen molar-refractivity contribution in [3.63, 3.8) is 0 Å². The number of nitrogens with one attached hydrogen (secondary N) is 2. The lowest BCUT2D eigenvalue weighted by Gasteiger charge is -2.43. The summed E-state index contributed by atoms with van der Waals surface area (Å²) >= 11 is 0. The van der Waals surface area contributed by atoms with Gasteiger partial charge in [0.2, 0.25) is 0 Å². The number of benzene rings is 1. The Hall–Kier alpha value is -1.06. The number of likely N-dealkylation sites (tertiary alicyclic amines) is 1. The number of ether oxygens (including phenoxy) is 2. The van der Waals surface area contributed by atoms with Gasteiger partial charge in [-0.15, -0.1) is 24.0 Å². The maximum atomic E-state index is 6.06. The van der Waals surface area contributed by atoms with E-state index in [4.69, 9.17) is 14.5 Å². The molecule has 4 rings (SSSR count). The fourth-order valence-electron chi connectivity index (χ4n) is 4.66. The van der Waals surface area contributed by atoms with Crippen LogP contribution in [0, 0.1) is 0 Å². The van der Waals surface area contributed by atoms with Crippen LogP contribution in [0.2, 0.25) is 0 Å². The van der Waals surface area contributed by atoms with Gasteiger partial charge in [0.05, 0.1) is 13.1 Å². The average Bonchev–Trinajstić information content (AvgIpc) is 3.40. The quantitative estimate of drug-likeness (QED) is 0.348. The van der Waals surface area contributed by atoms with Gasteiger partial charge < -0.3 is 20.1 Å². The third-order valence-electron chi connectivity index (χ3n) is 6.29. The number of hydrogen-bond donors (Lipinski definition) is 2. The average molecular weight is 514 g/mol. The Kier molecular flexibility index (Phi) is 8.44. The summed E-state index contributed by atoms with van der Waals surface area (Å²) in [4.78, 5) is 7.67. The van der Waals surface area contributed by atoms with Gasteiger partial charge in [-0.1, -0.05) is 18.2 Å². The molecule has 0 spiro atoms. The van der Waals surface area contributed by atoms with E-state index in [0.29, 0.717) is 0 Å². The fraction of sp³-hybridized carbons (Fsp3) is 0.682. The first-order valence-corrected chi connectivity index (χ1v) is 10.9. The third kappa shape index (κ3) is 5.55. The molecule has 1 atom stereocenters. The predicted molar refractivity (Wildman–Crippen MR) is 128 cm³/mol. The molecule has 2 saturated heterocycles. The highest BCUT2D eigenvalue weighted by Crippen LogP contribution is 2.32. The molecule has 0 saturated carbocycles. The zero-order valence-corrected chi connectivity index (χ0v) is 19.8. The fourth-order valence-corrected chi connectivity index (χ4v) is 4.66. The second-order valence-electron chi connectivity index (χ2n) is 8.16. The van der Waals surface area contributed by atoms with Gasteiger partial charge >= 0.3 is 0 Å². The molecule has 3 aliphatic heterocycles. The van der Waals surface area contributed by atoms with E-state index in [0.717, 1.165) is 63.8 Å². The van der Waals surface area contributed by atoms with Crippen molar-refractivity contribution in [2.24, 2.45) is 4.99 Å². The Morgan fingerprint density at radius 1 is 1.17 bits per heavy atom. The Labute approximate surface area is 191 Å². The first kappa shape index (κ1) is 22.6. The molecule has 29 heavy (non-hydrogen) atoms. The van der Waals surface area contributed by atoms with Crippen LogP contribution in [0.4, 0.5) is 0 Å². The SMILES string of the molecule is CCNC(=NCC1(N2CCCC2)CCOCC1)NCC1Cc2ccccc2O1.I. The lowest BCUT2D eigenvalue weighted by atomic mass is 9.88. The molecule has 0 bridgehead atoms. The Morgan fingerprint density at radius 3 is 2.66 bits per heavy atom. The van der Waals surface area contributed by atoms with Crippen molar-refractivity contribution in [3.8, 4) is 5.75 Å². The number of para-hydroxylation sites is 1. The van der Waals surface area contributed by atoms with E-state index in [9.17, 15) is 0 Å². The minimum Gasteiger partial charge on any atom is -0.488 e. The molecule has 2 fully saturated rings. The van der Waals surface area contributed by atoms with Gasteiger partial charge in [0.15, 0.2) is 5.96 Å². The predicted octanol–water partition coefficient (Wildman–Crippen LogP) is 2.81. The van der Waals surface area contributed by atoms with E-state index in [1.165, 1.54) is 31.5 Å². The second-order valence-corrected chi connectivity index (χ2v) is 8.16. The molecular formula is C22H35IN4O2. The van der Waals surface area contributed by atoms with Crippen LogP contribution in [0.3, 0.4) is 0 Å². The van der Waals surface area contributed by atoms with Crippen molar-refractivity contribution in [1.29, 1.82) is 0 Å². The molecular weight excluding hydrogens is 479 g/mol. The van der Waals surface area contributed by atoms with E-state index in [2.05, 4.69) is 40.7 Å². The van der Waals surface area contributed by atoms with Crippen molar-refractivity contribution >= 4 is 29.9 Å². The summed E-state index contributed by atoms with van der Waals surface area (Å²) < 4.78 is 11.7. The van der Waals surface area contributed by atoms with E-state index in [1.807, 2.05) is 6.07 Å². The molecule has 0 radical (unpaired) electrons. The van der Waals surface area contributed by atoms with Crippen LogP contribution in [0.25, 0.3) is 0 Å². The number of aliphatic imine (C=N–C) groups is 1. The van der Waals surface area contributed by atoms with E-state index >= 15 is 0 Å². The molecule has 7 heteroatoms. The van der Waals surface area contributed by atoms with E-state index in [1.54, 1.807) is 0 Å². The Bertz CT molecular complexity index is 648. The first-order valence-electron chi connectivity index (χ1n) is 10.9. The van der Waals surface area contributed by atoms with Gasteiger partial charge in [0, 0.05) is 31.7 Å². The van der Waals surface area contributed by atoms with E-state index in [-0.39, 0.29) is 35.6 Å². The molecule has 1 aromatic carbocycles. The molecule has 1 aromatic rings. The van der Waals surface area contributed by atoms with Crippen LogP contribution in [0.1, 0.15) is 38.2 Å². The normalized spacial score (nSPS) is 23.8. The monoisotopic (exact) mass is 514 g/mol. The van der Waals surface area contributed by atoms with Crippen molar-refractivity contribution in [2.45, 2.75) is 50.7 Å². The van der Waals surface area contributed by atoms with Crippen LogP contribution in [0.5, 0.6) is 5.75 Å². The lowest BCUT2D eigenvalue weighted by Crippen LogP contribution is -2.54. The number of fused-ring (bicyclic) bond motifs is 1. The van der Waals surface area contributed by atoms with Crippen LogP contribution < -0.4 is 15.4 Å². The Balaban J connectivity index is 0.00000240. The number of hydrogen-bond acceptors (Lipinski definition) is 4. The summed E-state index contributed by atoms with van der Waals surface area (Å²) in [5, 5.41) is 6.92. The van der Waals surface area contributed by atoms with Gasteiger partial charge in [-0.05, 0) is 57.3 Å². The summed E-state index contributed by atoms with van der Waals surface area (Å²) in [7, 11) is 0. The summed E-state index contributed by atoms with van der Waals surface area (Å²) in [6, 6.07) is 8.32. The number of halogens is 1. The van der Waals surface area contributed by atoms with Crippen molar-refractivity contribution in [2.75, 3.05) is 45.9 Å². The molecule has 0 aliphatic carbocycles. The van der Waals surface area contributed by atoms with Gasteiger partial charge in [-0.2, -0.15) is 0 Å². The summed E-state index contributed by atoms with van der Waals surface area (Å²) in [6.07, 6.45) is 5.90. The van der Waals surface area contributed by atoms with Crippen LogP contribution in [-0.4, -0.2) is 68.4 Å². The smallest absolute Gasteiger partial charge is 0.191 e. The maximum absolute atomic E-state index is 6.06. The maximum Gasteiger partial charge on any atom is 0.191 e. The zero-order valence-electron chi connectivity index (χ0n) is 17.5. The van der Waals surface area contributed by atoms with Crippen molar-refractivity contribution in [3.05, 3.63) is 29.8 Å². The molecule has 6 nitrogen and oxygen atoms in total. The highest BCUT2D eigenvalue weighted by molar-refractivity contribution is 14.0. The molecule has 1 unspecified atom stereocenters. The first-order chi connectivity index (χ1) is 13.8. The molecule has 3 heterocycles. The van der Waals surface area contributed by atoms with Crippen molar-refractivity contribution < 1.29 is 9.47 Å². The highest BCUT2D eigenvalue weighted by Gasteiger charge is 2.39. The van der Waals surface area contributed by atoms with Crippen molar-refractivity contribution in [1.82, 2.24) is 15.5 Å². The third-order valence-corrected chi connectivity index (χ3v) is 6.29. The van der Waals surface area contributed by atoms with Crippen LogP contribution in [0.15, 0.2) is 29.3 Å². The lowest BCUT2D eigenvalue weighted by molar-refractivity contribution is -0.0139. The molecule has 0 aromatic heterocycles. The van der Waals surface area contributed by atoms with E-state index < -0.39 is 0 Å². The van der Waals surface area contributed by atoms with Gasteiger partial charge in [-0.25, -0.2) is 0 Å². The number of guanidine groups is 1. The van der Waals surface area contributed by atoms with Crippen LogP contribution in [-0.2, 0) is 11.2 Å². The zero-order chi connectivity index (χ0) is 19.2. The molecule has 162 valence electrons. The summed E-state index contributed by atoms with van der Waals surface area (Å²) in [5.41, 5.74) is 1.46. The summed E-state index contributed by atoms with van der Waals surface area (Å²) in [5.74, 6) is 1.92. The molecule has 2 N–H and O–H groups in total. The van der Waals surface area contributed by atoms with Gasteiger partial charge in [-0.3, -0.25) is 9.89 Å². The number of rotatable bonds is 6. The minimum absolute atomic E-state index is 0. The molecule has 3 aliphatic rings. The standard InChI is InChI=1S/C22H34N4O2.HI/c1-2-23-21(24-16-19-15-18-7-3-4-8-20(18)28-19)25-17-22(9-13-27-14-10-22)26-11-5-6-12-26;/h3-4,7-8,19H,2,5-6,9-17H2,1H3,(H2,23,24,25);1H. The minimum atomic E-state index is 0. The molecule has 0 amide bonds. The highest BCUT2D eigenvalue weighted by atomic mass is 127.